The molecule has 0 spiro atoms. The largest absolute Gasteiger partial charge is 0.300 e. The average Bonchev–Trinajstić information content (AvgIpc) is 2.27. The van der Waals surface area contributed by atoms with Crippen molar-refractivity contribution in [3.63, 3.8) is 0 Å². The molecule has 0 aliphatic rings. The number of benzene rings is 1. The Labute approximate surface area is 92.5 Å². The fourth-order valence-electron chi connectivity index (χ4n) is 1.69. The van der Waals surface area contributed by atoms with E-state index < -0.39 is 0 Å². The third kappa shape index (κ3) is 4.28. The van der Waals surface area contributed by atoms with Crippen LogP contribution in [0.3, 0.4) is 0 Å². The van der Waals surface area contributed by atoms with Crippen molar-refractivity contribution in [3.8, 4) is 0 Å². The molecule has 0 unspecified atom stereocenters. The summed E-state index contributed by atoms with van der Waals surface area (Å²) in [5.74, 6) is 0.357. The number of rotatable bonds is 6. The summed E-state index contributed by atoms with van der Waals surface area (Å²) in [4.78, 5) is 11.2. The molecule has 0 heterocycles. The Morgan fingerprint density at radius 2 is 1.80 bits per heavy atom. The summed E-state index contributed by atoms with van der Waals surface area (Å²) >= 11 is 0. The fraction of sp³-hybridized carbons (Fsp3) is 0.500. The maximum absolute atomic E-state index is 11.2. The molecule has 0 amide bonds. The van der Waals surface area contributed by atoms with E-state index in [-0.39, 0.29) is 0 Å². The molecule has 0 saturated heterocycles. The van der Waals surface area contributed by atoms with Gasteiger partial charge in [-0.2, -0.15) is 0 Å². The Bertz CT molecular complexity index is 315. The molecule has 0 bridgehead atoms. The van der Waals surface area contributed by atoms with Crippen LogP contribution < -0.4 is 0 Å². The molecular weight excluding hydrogens is 184 g/mol. The smallest absolute Gasteiger partial charge is 0.132 e. The van der Waals surface area contributed by atoms with Crippen molar-refractivity contribution in [3.05, 3.63) is 35.4 Å². The highest BCUT2D eigenvalue weighted by Gasteiger charge is 2.00. The fourth-order valence-corrected chi connectivity index (χ4v) is 1.69. The average molecular weight is 204 g/mol. The van der Waals surface area contributed by atoms with E-state index in [2.05, 4.69) is 31.2 Å². The second kappa shape index (κ2) is 6.39. The van der Waals surface area contributed by atoms with E-state index in [9.17, 15) is 4.79 Å². The minimum atomic E-state index is 0.357. The lowest BCUT2D eigenvalue weighted by Crippen LogP contribution is -1.98. The third-order valence-electron chi connectivity index (χ3n) is 2.62. The number of Topliss-reactive ketones (excluding diaryl/α,β-unsaturated/α-hetero) is 1. The molecule has 1 heteroatoms. The predicted octanol–water partition coefficient (Wildman–Crippen LogP) is 3.55. The molecule has 0 aliphatic carbocycles. The second-order valence-corrected chi connectivity index (χ2v) is 3.96. The molecule has 0 N–H and O–H groups in total. The van der Waals surface area contributed by atoms with Crippen LogP contribution in [-0.4, -0.2) is 5.78 Å². The minimum absolute atomic E-state index is 0.357. The maximum atomic E-state index is 11.2. The first kappa shape index (κ1) is 12.0. The number of carbonyl (C=O) groups is 1. The van der Waals surface area contributed by atoms with Gasteiger partial charge in [-0.3, -0.25) is 4.79 Å². The van der Waals surface area contributed by atoms with Gasteiger partial charge in [-0.25, -0.2) is 0 Å². The molecule has 1 aromatic rings. The van der Waals surface area contributed by atoms with Crippen molar-refractivity contribution in [2.75, 3.05) is 0 Å². The summed E-state index contributed by atoms with van der Waals surface area (Å²) in [7, 11) is 0. The third-order valence-corrected chi connectivity index (χ3v) is 2.62. The summed E-state index contributed by atoms with van der Waals surface area (Å²) in [5.41, 5.74) is 2.68. The summed E-state index contributed by atoms with van der Waals surface area (Å²) in [6, 6.07) is 8.60. The van der Waals surface area contributed by atoms with E-state index in [4.69, 9.17) is 0 Å². The number of hydrogen-bond acceptors (Lipinski definition) is 1. The molecule has 0 atom stereocenters. The van der Waals surface area contributed by atoms with Crippen LogP contribution in [0.2, 0.25) is 0 Å². The van der Waals surface area contributed by atoms with E-state index in [1.807, 2.05) is 6.92 Å². The highest BCUT2D eigenvalue weighted by atomic mass is 16.1. The van der Waals surface area contributed by atoms with Gasteiger partial charge in [0.25, 0.3) is 0 Å². The van der Waals surface area contributed by atoms with E-state index >= 15 is 0 Å². The van der Waals surface area contributed by atoms with Gasteiger partial charge in [0.2, 0.25) is 0 Å². The van der Waals surface area contributed by atoms with Crippen LogP contribution >= 0.6 is 0 Å². The van der Waals surface area contributed by atoms with Gasteiger partial charge in [-0.15, -0.1) is 0 Å². The quantitative estimate of drug-likeness (QED) is 0.692. The normalized spacial score (nSPS) is 10.3. The Kier molecular flexibility index (Phi) is 5.09. The molecule has 0 saturated carbocycles. The van der Waals surface area contributed by atoms with Crippen LogP contribution in [0.5, 0.6) is 0 Å². The maximum Gasteiger partial charge on any atom is 0.132 e. The molecule has 15 heavy (non-hydrogen) atoms. The topological polar surface area (TPSA) is 17.1 Å². The number of ketones is 1. The van der Waals surface area contributed by atoms with Gasteiger partial charge < -0.3 is 0 Å². The molecule has 1 rings (SSSR count). The zero-order valence-corrected chi connectivity index (χ0v) is 9.75. The van der Waals surface area contributed by atoms with E-state index in [0.29, 0.717) is 18.6 Å². The molecular formula is C14H20O. The molecule has 0 radical (unpaired) electrons. The number of carbonyl (C=O) groups excluding carboxylic acids is 1. The summed E-state index contributed by atoms with van der Waals surface area (Å²) in [6.07, 6.45) is 4.55. The second-order valence-electron chi connectivity index (χ2n) is 3.96. The van der Waals surface area contributed by atoms with Gasteiger partial charge in [0, 0.05) is 12.8 Å². The van der Waals surface area contributed by atoms with Crippen molar-refractivity contribution in [2.24, 2.45) is 0 Å². The van der Waals surface area contributed by atoms with E-state index in [1.165, 1.54) is 17.5 Å². The zero-order valence-electron chi connectivity index (χ0n) is 9.75. The van der Waals surface area contributed by atoms with Gasteiger partial charge in [-0.05, 0) is 24.0 Å². The van der Waals surface area contributed by atoms with Crippen molar-refractivity contribution in [2.45, 2.75) is 46.0 Å². The SMILES string of the molecule is CCCc1cccc(CCC(=O)CC)c1. The standard InChI is InChI=1S/C14H20O/c1-3-6-12-7-5-8-13(11-12)9-10-14(15)4-2/h5,7-8,11H,3-4,6,9-10H2,1-2H3. The van der Waals surface area contributed by atoms with E-state index in [0.717, 1.165) is 12.8 Å². The van der Waals surface area contributed by atoms with Gasteiger partial charge in [0.05, 0.1) is 0 Å². The van der Waals surface area contributed by atoms with Crippen LogP contribution in [0.1, 0.15) is 44.2 Å². The van der Waals surface area contributed by atoms with Crippen molar-refractivity contribution in [1.82, 2.24) is 0 Å². The first-order chi connectivity index (χ1) is 7.26. The number of aryl methyl sites for hydroxylation is 2. The molecule has 82 valence electrons. The van der Waals surface area contributed by atoms with Gasteiger partial charge >= 0.3 is 0 Å². The van der Waals surface area contributed by atoms with Crippen LogP contribution in [0.15, 0.2) is 24.3 Å². The van der Waals surface area contributed by atoms with Crippen LogP contribution in [0.4, 0.5) is 0 Å². The zero-order chi connectivity index (χ0) is 11.1. The molecule has 0 aliphatic heterocycles. The summed E-state index contributed by atoms with van der Waals surface area (Å²) in [5, 5.41) is 0. The lowest BCUT2D eigenvalue weighted by molar-refractivity contribution is -0.118. The van der Waals surface area contributed by atoms with Crippen molar-refractivity contribution < 1.29 is 4.79 Å². The molecule has 0 fully saturated rings. The lowest BCUT2D eigenvalue weighted by atomic mass is 10.0. The molecule has 1 nitrogen and oxygen atoms in total. The van der Waals surface area contributed by atoms with Crippen LogP contribution in [0.25, 0.3) is 0 Å². The van der Waals surface area contributed by atoms with Gasteiger partial charge in [0.1, 0.15) is 5.78 Å². The van der Waals surface area contributed by atoms with Crippen LogP contribution in [-0.2, 0) is 17.6 Å². The first-order valence-electron chi connectivity index (χ1n) is 5.85. The Morgan fingerprint density at radius 1 is 1.13 bits per heavy atom. The van der Waals surface area contributed by atoms with Crippen molar-refractivity contribution in [1.29, 1.82) is 0 Å². The summed E-state index contributed by atoms with van der Waals surface area (Å²) in [6.45, 7) is 4.11. The minimum Gasteiger partial charge on any atom is -0.300 e. The highest BCUT2D eigenvalue weighted by molar-refractivity contribution is 5.78. The Morgan fingerprint density at radius 3 is 2.40 bits per heavy atom. The van der Waals surface area contributed by atoms with E-state index in [1.54, 1.807) is 0 Å². The first-order valence-corrected chi connectivity index (χ1v) is 5.85. The lowest BCUT2D eigenvalue weighted by Gasteiger charge is -2.03. The molecule has 1 aromatic carbocycles. The Hall–Kier alpha value is -1.11. The van der Waals surface area contributed by atoms with Crippen LogP contribution in [0, 0.1) is 0 Å². The summed E-state index contributed by atoms with van der Waals surface area (Å²) < 4.78 is 0. The van der Waals surface area contributed by atoms with Gasteiger partial charge in [-0.1, -0.05) is 44.5 Å². The monoisotopic (exact) mass is 204 g/mol. The van der Waals surface area contributed by atoms with Gasteiger partial charge in [0.15, 0.2) is 0 Å². The predicted molar refractivity (Wildman–Crippen MR) is 64.1 cm³/mol. The van der Waals surface area contributed by atoms with Crippen molar-refractivity contribution >= 4 is 5.78 Å². The molecule has 0 aromatic heterocycles. The highest BCUT2D eigenvalue weighted by Crippen LogP contribution is 2.10. The Balaban J connectivity index is 2.53. The number of hydrogen-bond donors (Lipinski definition) is 0.